The maximum atomic E-state index is 15.5. The normalized spacial score (nSPS) is 39.2. The number of carbonyl (C=O) groups is 3. The lowest BCUT2D eigenvalue weighted by atomic mass is 9.32. The Balaban J connectivity index is 1.04. The van der Waals surface area contributed by atoms with Gasteiger partial charge in [0.1, 0.15) is 11.9 Å². The summed E-state index contributed by atoms with van der Waals surface area (Å²) in [7, 11) is 0. The van der Waals surface area contributed by atoms with Gasteiger partial charge in [0.15, 0.2) is 0 Å². The Morgan fingerprint density at radius 3 is 2.41 bits per heavy atom. The zero-order chi connectivity index (χ0) is 41.5. The highest BCUT2D eigenvalue weighted by atomic mass is 16.5. The van der Waals surface area contributed by atoms with Crippen LogP contribution in [0.15, 0.2) is 30.6 Å². The van der Waals surface area contributed by atoms with Gasteiger partial charge < -0.3 is 19.7 Å². The second-order valence-electron chi connectivity index (χ2n) is 22.2. The molecule has 1 unspecified atom stereocenters. The Morgan fingerprint density at radius 1 is 0.897 bits per heavy atom. The van der Waals surface area contributed by atoms with Crippen LogP contribution in [-0.2, 0) is 19.1 Å². The Hall–Kier alpha value is -3.23. The number of carboxylic acids is 1. The van der Waals surface area contributed by atoms with E-state index in [1.807, 2.05) is 44.4 Å². The highest BCUT2D eigenvalue weighted by molar-refractivity contribution is 5.84. The van der Waals surface area contributed by atoms with Crippen molar-refractivity contribution in [2.45, 2.75) is 170 Å². The monoisotopic (exact) mass is 797 g/mol. The molecule has 0 aromatic carbocycles. The number of aliphatic carboxylic acids is 1. The molecule has 0 spiro atoms. The Morgan fingerprint density at radius 2 is 1.69 bits per heavy atom. The number of H-pyrrole nitrogens is 1. The summed E-state index contributed by atoms with van der Waals surface area (Å²) in [5.74, 6) is 2.73. The predicted octanol–water partition coefficient (Wildman–Crippen LogP) is 10.8. The summed E-state index contributed by atoms with van der Waals surface area (Å²) in [4.78, 5) is 55.5. The molecule has 1 saturated heterocycles. The van der Waals surface area contributed by atoms with Gasteiger partial charge in [-0.3, -0.25) is 19.4 Å². The molecule has 3 heterocycles. The van der Waals surface area contributed by atoms with Crippen molar-refractivity contribution in [1.29, 1.82) is 0 Å². The topological polar surface area (TPSA) is 125 Å². The van der Waals surface area contributed by atoms with Crippen LogP contribution in [0.3, 0.4) is 0 Å². The molecule has 6 aliphatic rings. The van der Waals surface area contributed by atoms with Crippen LogP contribution >= 0.6 is 0 Å². The number of aromatic amines is 1. The number of aromatic nitrogens is 3. The largest absolute Gasteiger partial charge is 0.481 e. The highest BCUT2D eigenvalue weighted by Gasteiger charge is 2.72. The number of nitrogens with one attached hydrogen (secondary N) is 1. The van der Waals surface area contributed by atoms with Crippen molar-refractivity contribution in [3.63, 3.8) is 0 Å². The van der Waals surface area contributed by atoms with Crippen molar-refractivity contribution in [3.8, 4) is 11.4 Å². The number of likely N-dealkylation sites (tertiary alicyclic amines) is 1. The average molecular weight is 797 g/mol. The van der Waals surface area contributed by atoms with Gasteiger partial charge in [0.05, 0.1) is 41.9 Å². The van der Waals surface area contributed by atoms with Gasteiger partial charge >= 0.3 is 11.9 Å². The summed E-state index contributed by atoms with van der Waals surface area (Å²) in [6.07, 6.45) is 18.9. The first-order chi connectivity index (χ1) is 27.4. The van der Waals surface area contributed by atoms with Gasteiger partial charge in [-0.2, -0.15) is 0 Å². The minimum Gasteiger partial charge on any atom is -0.481 e. The van der Waals surface area contributed by atoms with Gasteiger partial charge in [-0.15, -0.1) is 0 Å². The van der Waals surface area contributed by atoms with Crippen molar-refractivity contribution in [2.24, 2.45) is 62.1 Å². The number of carbonyl (C=O) groups excluding carboxylic acids is 2. The van der Waals surface area contributed by atoms with Crippen LogP contribution in [0.2, 0.25) is 0 Å². The molecule has 11 atom stereocenters. The third-order valence-electron chi connectivity index (χ3n) is 18.5. The number of hydrogen-bond donors (Lipinski definition) is 2. The maximum Gasteiger partial charge on any atom is 0.306 e. The molecule has 6 fully saturated rings. The van der Waals surface area contributed by atoms with Gasteiger partial charge in [-0.05, 0) is 140 Å². The molecular formula is C49H72N4O5. The quantitative estimate of drug-likeness (QED) is 0.229. The number of amides is 1. The summed E-state index contributed by atoms with van der Waals surface area (Å²) >= 11 is 0. The first-order valence-electron chi connectivity index (χ1n) is 23.1. The van der Waals surface area contributed by atoms with Crippen molar-refractivity contribution < 1.29 is 24.2 Å². The van der Waals surface area contributed by atoms with Crippen molar-refractivity contribution in [3.05, 3.63) is 36.4 Å². The smallest absolute Gasteiger partial charge is 0.306 e. The molecular weight excluding hydrogens is 725 g/mol. The third kappa shape index (κ3) is 6.48. The van der Waals surface area contributed by atoms with Crippen LogP contribution in [0, 0.1) is 62.1 Å². The molecule has 0 radical (unpaired) electrons. The average Bonchev–Trinajstić information content (AvgIpc) is 3.92. The van der Waals surface area contributed by atoms with E-state index in [4.69, 9.17) is 9.72 Å². The van der Waals surface area contributed by atoms with Gasteiger partial charge in [0, 0.05) is 18.2 Å². The molecule has 58 heavy (non-hydrogen) atoms. The molecule has 0 bridgehead atoms. The third-order valence-corrected chi connectivity index (χ3v) is 18.5. The number of esters is 1. The summed E-state index contributed by atoms with van der Waals surface area (Å²) < 4.78 is 6.32. The summed E-state index contributed by atoms with van der Waals surface area (Å²) in [6.45, 7) is 19.4. The van der Waals surface area contributed by atoms with Crippen LogP contribution in [0.4, 0.5) is 0 Å². The van der Waals surface area contributed by atoms with Crippen LogP contribution < -0.4 is 0 Å². The fourth-order valence-electron chi connectivity index (χ4n) is 15.8. The van der Waals surface area contributed by atoms with E-state index in [2.05, 4.69) is 56.4 Å². The molecule has 8 rings (SSSR count). The number of fused-ring (bicyclic) bond motifs is 7. The molecule has 5 saturated carbocycles. The van der Waals surface area contributed by atoms with E-state index < -0.39 is 11.4 Å². The van der Waals surface area contributed by atoms with E-state index in [-0.39, 0.29) is 58.0 Å². The number of hydrogen-bond acceptors (Lipinski definition) is 6. The summed E-state index contributed by atoms with van der Waals surface area (Å²) in [5.41, 5.74) is 1.13. The van der Waals surface area contributed by atoms with Gasteiger partial charge in [-0.25, -0.2) is 4.98 Å². The van der Waals surface area contributed by atoms with E-state index in [0.29, 0.717) is 35.5 Å². The fourth-order valence-corrected chi connectivity index (χ4v) is 15.8. The lowest BCUT2D eigenvalue weighted by Crippen LogP contribution is -2.67. The molecule has 5 aliphatic carbocycles. The maximum absolute atomic E-state index is 15.5. The van der Waals surface area contributed by atoms with Gasteiger partial charge in [0.2, 0.25) is 5.91 Å². The molecule has 2 aromatic heterocycles. The Bertz CT molecular complexity index is 1870. The van der Waals surface area contributed by atoms with Crippen LogP contribution in [-0.4, -0.2) is 55.5 Å². The van der Waals surface area contributed by atoms with E-state index in [0.717, 1.165) is 75.1 Å². The van der Waals surface area contributed by atoms with Crippen LogP contribution in [0.1, 0.15) is 170 Å². The predicted molar refractivity (Wildman–Crippen MR) is 225 cm³/mol. The minimum absolute atomic E-state index is 0.0176. The number of pyridine rings is 1. The zero-order valence-electron chi connectivity index (χ0n) is 36.9. The number of nitrogens with zero attached hydrogens (tertiary/aromatic N) is 3. The standard InChI is InChI=1S/C49H72N4O5/c1-9-13-31-18-23-49(43(57)53-27-12-15-35(53)42-51-30-34(52-42)33-14-10-11-26-50-33)25-24-47(7)32(41(31)49)16-17-37-46(6)21-20-38(45(4,5)36(46)19-22-48(37,47)8)58-40(56)29-44(2,3)28-39(54)55/h10-11,14,26,30-32,35-38,41H,9,12-13,15-25,27-29H2,1-8H3,(H,51,52)(H,54,55)/t31?,32-,35+,36+,37-,38+,41-,46+,47-,48-,49+/m1/s1. The minimum atomic E-state index is -0.884. The van der Waals surface area contributed by atoms with Crippen molar-refractivity contribution in [1.82, 2.24) is 19.9 Å². The molecule has 9 heteroatoms. The molecule has 2 N–H and O–H groups in total. The van der Waals surface area contributed by atoms with E-state index in [1.165, 1.54) is 38.5 Å². The SMILES string of the molecule is CCCC1CC[C@]2(C(=O)N3CCC[C@H]3c3ncc(-c4ccccn4)[nH]3)CC[C@]3(C)[C@H](CC[C@@H]4[C@@]5(C)CC[C@H](OC(=O)CC(C)(C)CC(=O)O)C(C)(C)[C@@H]5CC[C@]43C)[C@@H]12. The summed E-state index contributed by atoms with van der Waals surface area (Å²) in [6, 6.07) is 5.91. The first-order valence-corrected chi connectivity index (χ1v) is 23.1. The van der Waals surface area contributed by atoms with Crippen LogP contribution in [0.5, 0.6) is 0 Å². The van der Waals surface area contributed by atoms with E-state index >= 15 is 4.79 Å². The number of ether oxygens (including phenoxy) is 1. The molecule has 318 valence electrons. The van der Waals surface area contributed by atoms with Crippen molar-refractivity contribution >= 4 is 17.8 Å². The molecule has 9 nitrogen and oxygen atoms in total. The molecule has 2 aromatic rings. The number of imidazole rings is 1. The van der Waals surface area contributed by atoms with Gasteiger partial charge in [0.25, 0.3) is 0 Å². The fraction of sp³-hybridized carbons (Fsp3) is 0.776. The molecule has 1 amide bonds. The lowest BCUT2D eigenvalue weighted by Gasteiger charge is -2.73. The lowest BCUT2D eigenvalue weighted by molar-refractivity contribution is -0.250. The van der Waals surface area contributed by atoms with E-state index in [9.17, 15) is 14.7 Å². The second kappa shape index (κ2) is 14.7. The first kappa shape index (κ1) is 41.5. The van der Waals surface area contributed by atoms with Crippen LogP contribution in [0.25, 0.3) is 11.4 Å². The Labute approximate surface area is 347 Å². The number of rotatable bonds is 10. The molecule has 1 aliphatic heterocycles. The van der Waals surface area contributed by atoms with Gasteiger partial charge in [-0.1, -0.05) is 74.3 Å². The number of carboxylic acid groups (broad SMARTS) is 1. The Kier molecular flexibility index (Phi) is 10.6. The second-order valence-corrected chi connectivity index (χ2v) is 22.2. The summed E-state index contributed by atoms with van der Waals surface area (Å²) in [5, 5.41) is 9.40. The van der Waals surface area contributed by atoms with E-state index in [1.54, 1.807) is 0 Å². The van der Waals surface area contributed by atoms with Crippen molar-refractivity contribution in [2.75, 3.05) is 6.54 Å². The highest BCUT2D eigenvalue weighted by Crippen LogP contribution is 2.78. The zero-order valence-corrected chi connectivity index (χ0v) is 36.9.